The van der Waals surface area contributed by atoms with Gasteiger partial charge < -0.3 is 14.8 Å². The Kier molecular flexibility index (Phi) is 8.36. The molecule has 1 heterocycles. The van der Waals surface area contributed by atoms with Crippen LogP contribution in [0.2, 0.25) is 10.0 Å². The summed E-state index contributed by atoms with van der Waals surface area (Å²) in [5.74, 6) is -2.40. The molecule has 0 spiro atoms. The van der Waals surface area contributed by atoms with Gasteiger partial charge in [0.15, 0.2) is 0 Å². The molecule has 1 aliphatic heterocycles. The standard InChI is InChI=1S/C27H19Cl3N2O6/c1-2-13-37-26(35)15-5-10-19(11-6-15)32-24(33)22(30)23(25(32)34)31-18-8-3-16(4-9-18)27(36)38-21-12-7-17(28)14-20(21)29/h3-12,14,31H,2,13H2,1H3. The summed E-state index contributed by atoms with van der Waals surface area (Å²) in [5, 5.41) is 3.11. The van der Waals surface area contributed by atoms with Crippen LogP contribution in [0.3, 0.4) is 0 Å². The highest BCUT2D eigenvalue weighted by molar-refractivity contribution is 6.53. The number of hydrogen-bond donors (Lipinski definition) is 1. The van der Waals surface area contributed by atoms with Crippen molar-refractivity contribution in [3.63, 3.8) is 0 Å². The molecule has 3 aromatic carbocycles. The first kappa shape index (κ1) is 27.2. The van der Waals surface area contributed by atoms with E-state index in [2.05, 4.69) is 5.32 Å². The number of carbonyl (C=O) groups excluding carboxylic acids is 4. The van der Waals surface area contributed by atoms with Crippen molar-refractivity contribution in [3.8, 4) is 5.75 Å². The van der Waals surface area contributed by atoms with Gasteiger partial charge in [-0.25, -0.2) is 14.5 Å². The van der Waals surface area contributed by atoms with Crippen molar-refractivity contribution in [2.24, 2.45) is 0 Å². The fraction of sp³-hybridized carbons (Fsp3) is 0.111. The smallest absolute Gasteiger partial charge is 0.343 e. The van der Waals surface area contributed by atoms with E-state index in [4.69, 9.17) is 44.3 Å². The SMILES string of the molecule is CCCOC(=O)c1ccc(N2C(=O)C(Cl)=C(Nc3ccc(C(=O)Oc4ccc(Cl)cc4Cl)cc3)C2=O)cc1. The number of ether oxygens (including phenoxy) is 2. The molecule has 3 aromatic rings. The van der Waals surface area contributed by atoms with Crippen LogP contribution in [-0.4, -0.2) is 30.4 Å². The molecule has 0 atom stereocenters. The Morgan fingerprint density at radius 3 is 2.11 bits per heavy atom. The summed E-state index contributed by atoms with van der Waals surface area (Å²) in [6, 6.07) is 16.3. The molecule has 0 fully saturated rings. The third kappa shape index (κ3) is 5.83. The lowest BCUT2D eigenvalue weighted by Crippen LogP contribution is -2.32. The number of nitrogens with one attached hydrogen (secondary N) is 1. The quantitative estimate of drug-likeness (QED) is 0.194. The predicted octanol–water partition coefficient (Wildman–Crippen LogP) is 6.22. The number of amides is 2. The predicted molar refractivity (Wildman–Crippen MR) is 144 cm³/mol. The van der Waals surface area contributed by atoms with Gasteiger partial charge in [0.2, 0.25) is 0 Å². The average Bonchev–Trinajstić information content (AvgIpc) is 3.12. The number of hydrogen-bond acceptors (Lipinski definition) is 7. The maximum atomic E-state index is 13.0. The van der Waals surface area contributed by atoms with Gasteiger partial charge in [0.25, 0.3) is 11.8 Å². The number of benzene rings is 3. The summed E-state index contributed by atoms with van der Waals surface area (Å²) in [6.07, 6.45) is 0.686. The van der Waals surface area contributed by atoms with Crippen molar-refractivity contribution in [2.75, 3.05) is 16.8 Å². The Bertz CT molecular complexity index is 1450. The molecule has 1 N–H and O–H groups in total. The van der Waals surface area contributed by atoms with E-state index in [1.165, 1.54) is 60.7 Å². The summed E-state index contributed by atoms with van der Waals surface area (Å²) in [7, 11) is 0. The van der Waals surface area contributed by atoms with E-state index in [0.717, 1.165) is 4.90 Å². The lowest BCUT2D eigenvalue weighted by atomic mass is 10.2. The van der Waals surface area contributed by atoms with E-state index in [0.29, 0.717) is 17.1 Å². The minimum absolute atomic E-state index is 0.133. The lowest BCUT2D eigenvalue weighted by Gasteiger charge is -2.15. The Labute approximate surface area is 232 Å². The van der Waals surface area contributed by atoms with Gasteiger partial charge in [-0.2, -0.15) is 0 Å². The van der Waals surface area contributed by atoms with Crippen molar-refractivity contribution in [2.45, 2.75) is 13.3 Å². The van der Waals surface area contributed by atoms with Crippen LogP contribution in [0.25, 0.3) is 0 Å². The van der Waals surface area contributed by atoms with E-state index >= 15 is 0 Å². The Balaban J connectivity index is 1.44. The van der Waals surface area contributed by atoms with E-state index in [1.807, 2.05) is 6.92 Å². The average molecular weight is 574 g/mol. The summed E-state index contributed by atoms with van der Waals surface area (Å²) < 4.78 is 10.4. The van der Waals surface area contributed by atoms with Gasteiger partial charge >= 0.3 is 11.9 Å². The zero-order valence-corrected chi connectivity index (χ0v) is 22.1. The number of esters is 2. The molecule has 11 heteroatoms. The largest absolute Gasteiger partial charge is 0.462 e. The Hall–Kier alpha value is -3.85. The highest BCUT2D eigenvalue weighted by Gasteiger charge is 2.39. The second-order valence-electron chi connectivity index (χ2n) is 7.98. The minimum atomic E-state index is -0.722. The summed E-state index contributed by atoms with van der Waals surface area (Å²) in [4.78, 5) is 51.2. The van der Waals surface area contributed by atoms with Crippen molar-refractivity contribution in [3.05, 3.63) is 98.6 Å². The van der Waals surface area contributed by atoms with Gasteiger partial charge in [-0.05, 0) is 73.2 Å². The van der Waals surface area contributed by atoms with Crippen LogP contribution in [-0.2, 0) is 14.3 Å². The molecule has 8 nitrogen and oxygen atoms in total. The van der Waals surface area contributed by atoms with Crippen LogP contribution < -0.4 is 15.0 Å². The Morgan fingerprint density at radius 1 is 0.842 bits per heavy atom. The highest BCUT2D eigenvalue weighted by Crippen LogP contribution is 2.31. The topological polar surface area (TPSA) is 102 Å². The molecular weight excluding hydrogens is 555 g/mol. The molecule has 0 saturated heterocycles. The molecule has 0 radical (unpaired) electrons. The zero-order valence-electron chi connectivity index (χ0n) is 19.8. The summed E-state index contributed by atoms with van der Waals surface area (Å²) in [5.41, 5.74) is 1.01. The Morgan fingerprint density at radius 2 is 1.47 bits per heavy atom. The summed E-state index contributed by atoms with van der Waals surface area (Å²) in [6.45, 7) is 2.17. The molecule has 2 amide bonds. The second-order valence-corrected chi connectivity index (χ2v) is 9.21. The fourth-order valence-corrected chi connectivity index (χ4v) is 4.08. The van der Waals surface area contributed by atoms with Crippen molar-refractivity contribution >= 4 is 69.9 Å². The fourth-order valence-electron chi connectivity index (χ4n) is 3.42. The molecule has 0 unspecified atom stereocenters. The molecule has 0 saturated carbocycles. The van der Waals surface area contributed by atoms with Crippen LogP contribution in [0.15, 0.2) is 77.5 Å². The van der Waals surface area contributed by atoms with Crippen molar-refractivity contribution in [1.82, 2.24) is 0 Å². The molecule has 0 aliphatic carbocycles. The normalized spacial score (nSPS) is 13.1. The van der Waals surface area contributed by atoms with Crippen molar-refractivity contribution < 1.29 is 28.7 Å². The number of carbonyl (C=O) groups is 4. The zero-order chi connectivity index (χ0) is 27.4. The van der Waals surface area contributed by atoms with E-state index in [-0.39, 0.29) is 44.9 Å². The minimum Gasteiger partial charge on any atom is -0.462 e. The van der Waals surface area contributed by atoms with E-state index in [1.54, 1.807) is 6.07 Å². The van der Waals surface area contributed by atoms with Crippen LogP contribution in [0.1, 0.15) is 34.1 Å². The van der Waals surface area contributed by atoms with Gasteiger partial charge in [0.1, 0.15) is 16.5 Å². The number of anilines is 2. The number of nitrogens with zero attached hydrogens (tertiary/aromatic N) is 1. The second kappa shape index (κ2) is 11.7. The van der Waals surface area contributed by atoms with Gasteiger partial charge in [-0.15, -0.1) is 0 Å². The number of rotatable bonds is 8. The third-order valence-corrected chi connectivity index (χ3v) is 6.19. The number of halogens is 3. The highest BCUT2D eigenvalue weighted by atomic mass is 35.5. The third-order valence-electron chi connectivity index (χ3n) is 5.31. The van der Waals surface area contributed by atoms with Crippen molar-refractivity contribution in [1.29, 1.82) is 0 Å². The van der Waals surface area contributed by atoms with Gasteiger partial charge in [0.05, 0.1) is 28.4 Å². The van der Waals surface area contributed by atoms with E-state index in [9.17, 15) is 19.2 Å². The molecule has 0 bridgehead atoms. The molecule has 194 valence electrons. The summed E-state index contributed by atoms with van der Waals surface area (Å²) >= 11 is 18.1. The molecule has 0 aromatic heterocycles. The van der Waals surface area contributed by atoms with Crippen LogP contribution in [0.5, 0.6) is 5.75 Å². The maximum Gasteiger partial charge on any atom is 0.343 e. The lowest BCUT2D eigenvalue weighted by molar-refractivity contribution is -0.120. The molecule has 1 aliphatic rings. The first-order valence-electron chi connectivity index (χ1n) is 11.3. The van der Waals surface area contributed by atoms with Crippen LogP contribution in [0.4, 0.5) is 11.4 Å². The number of imide groups is 1. The molecule has 38 heavy (non-hydrogen) atoms. The maximum absolute atomic E-state index is 13.0. The van der Waals surface area contributed by atoms with Gasteiger partial charge in [-0.3, -0.25) is 9.59 Å². The molecular formula is C27H19Cl3N2O6. The van der Waals surface area contributed by atoms with Gasteiger partial charge in [-0.1, -0.05) is 41.7 Å². The van der Waals surface area contributed by atoms with Crippen LogP contribution >= 0.6 is 34.8 Å². The van der Waals surface area contributed by atoms with Crippen LogP contribution in [0, 0.1) is 0 Å². The van der Waals surface area contributed by atoms with Gasteiger partial charge in [0, 0.05) is 10.7 Å². The van der Waals surface area contributed by atoms with E-state index < -0.39 is 23.8 Å². The monoisotopic (exact) mass is 572 g/mol. The first-order valence-corrected chi connectivity index (χ1v) is 12.4. The first-order chi connectivity index (χ1) is 18.2. The molecule has 4 rings (SSSR count).